The van der Waals surface area contributed by atoms with Crippen molar-refractivity contribution in [3.63, 3.8) is 0 Å². The molecule has 88 valence electrons. The molecule has 0 spiro atoms. The highest BCUT2D eigenvalue weighted by Crippen LogP contribution is 2.32. The summed E-state index contributed by atoms with van der Waals surface area (Å²) in [5, 5.41) is 12.2. The summed E-state index contributed by atoms with van der Waals surface area (Å²) in [5.41, 5.74) is -0.193. The van der Waals surface area contributed by atoms with Gasteiger partial charge in [-0.1, -0.05) is 25.2 Å². The third-order valence-electron chi connectivity index (χ3n) is 2.52. The van der Waals surface area contributed by atoms with E-state index in [4.69, 9.17) is 11.6 Å². The molecule has 1 fully saturated rings. The van der Waals surface area contributed by atoms with E-state index in [1.54, 1.807) is 0 Å². The first kappa shape index (κ1) is 11.8. The van der Waals surface area contributed by atoms with Crippen molar-refractivity contribution in [2.75, 3.05) is 11.2 Å². The normalized spacial score (nSPS) is 16.2. The molecule has 1 amide bonds. The summed E-state index contributed by atoms with van der Waals surface area (Å²) in [6.45, 7) is 4.01. The third kappa shape index (κ3) is 2.52. The molecule has 0 atom stereocenters. The first-order chi connectivity index (χ1) is 7.53. The Bertz CT molecular complexity index is 401. The molecule has 0 aromatic carbocycles. The fraction of sp³-hybridized carbons (Fsp3) is 0.700. The van der Waals surface area contributed by atoms with Crippen LogP contribution in [0.1, 0.15) is 31.7 Å². The van der Waals surface area contributed by atoms with Gasteiger partial charge in [0.15, 0.2) is 0 Å². The van der Waals surface area contributed by atoms with Gasteiger partial charge in [-0.25, -0.2) is 0 Å². The van der Waals surface area contributed by atoms with Crippen LogP contribution in [0.3, 0.4) is 0 Å². The highest BCUT2D eigenvalue weighted by molar-refractivity contribution is 7.15. The SMILES string of the molecule is CC(C)(CCl)c1nnc(NC(=O)C2CC2)s1. The van der Waals surface area contributed by atoms with Crippen LogP contribution < -0.4 is 5.32 Å². The van der Waals surface area contributed by atoms with Crippen LogP contribution in [-0.2, 0) is 10.2 Å². The average molecular weight is 260 g/mol. The van der Waals surface area contributed by atoms with Gasteiger partial charge < -0.3 is 5.32 Å². The molecule has 2 rings (SSSR count). The highest BCUT2D eigenvalue weighted by Gasteiger charge is 2.31. The minimum atomic E-state index is -0.193. The van der Waals surface area contributed by atoms with Crippen molar-refractivity contribution in [1.82, 2.24) is 10.2 Å². The van der Waals surface area contributed by atoms with E-state index in [1.165, 1.54) is 11.3 Å². The van der Waals surface area contributed by atoms with Crippen molar-refractivity contribution in [1.29, 1.82) is 0 Å². The lowest BCUT2D eigenvalue weighted by molar-refractivity contribution is -0.117. The van der Waals surface area contributed by atoms with Crippen molar-refractivity contribution in [2.45, 2.75) is 32.1 Å². The first-order valence-electron chi connectivity index (χ1n) is 5.24. The van der Waals surface area contributed by atoms with E-state index in [0.717, 1.165) is 17.8 Å². The number of nitrogens with zero attached hydrogens (tertiary/aromatic N) is 2. The summed E-state index contributed by atoms with van der Waals surface area (Å²) in [4.78, 5) is 11.5. The molecule has 1 saturated carbocycles. The fourth-order valence-corrected chi connectivity index (χ4v) is 2.21. The van der Waals surface area contributed by atoms with E-state index >= 15 is 0 Å². The Morgan fingerprint density at radius 1 is 1.56 bits per heavy atom. The molecule has 0 unspecified atom stereocenters. The van der Waals surface area contributed by atoms with E-state index in [9.17, 15) is 4.79 Å². The van der Waals surface area contributed by atoms with Gasteiger partial charge in [0.1, 0.15) is 5.01 Å². The van der Waals surface area contributed by atoms with Crippen LogP contribution in [0.25, 0.3) is 0 Å². The predicted molar refractivity (Wildman–Crippen MR) is 65.0 cm³/mol. The van der Waals surface area contributed by atoms with Crippen molar-refractivity contribution in [2.24, 2.45) is 5.92 Å². The number of hydrogen-bond donors (Lipinski definition) is 1. The summed E-state index contributed by atoms with van der Waals surface area (Å²) in [6.07, 6.45) is 1.98. The van der Waals surface area contributed by atoms with Crippen LogP contribution in [0, 0.1) is 5.92 Å². The maximum atomic E-state index is 11.5. The van der Waals surface area contributed by atoms with E-state index in [2.05, 4.69) is 15.5 Å². The third-order valence-corrected chi connectivity index (χ3v) is 4.39. The number of halogens is 1. The molecule has 0 saturated heterocycles. The molecule has 1 aromatic heterocycles. The van der Waals surface area contributed by atoms with Gasteiger partial charge in [0.05, 0.1) is 0 Å². The maximum absolute atomic E-state index is 11.5. The number of carbonyl (C=O) groups is 1. The summed E-state index contributed by atoms with van der Waals surface area (Å²) >= 11 is 7.25. The minimum Gasteiger partial charge on any atom is -0.300 e. The molecule has 16 heavy (non-hydrogen) atoms. The summed E-state index contributed by atoms with van der Waals surface area (Å²) in [6, 6.07) is 0. The fourth-order valence-electron chi connectivity index (χ4n) is 1.16. The Balaban J connectivity index is 2.04. The van der Waals surface area contributed by atoms with Gasteiger partial charge in [-0.05, 0) is 12.8 Å². The average Bonchev–Trinajstić information content (AvgIpc) is 2.99. The molecule has 6 heteroatoms. The minimum absolute atomic E-state index is 0.0615. The van der Waals surface area contributed by atoms with Crippen LogP contribution in [0.5, 0.6) is 0 Å². The molecule has 1 N–H and O–H groups in total. The van der Waals surface area contributed by atoms with E-state index in [-0.39, 0.29) is 17.2 Å². The van der Waals surface area contributed by atoms with Crippen molar-refractivity contribution in [3.8, 4) is 0 Å². The molecule has 0 bridgehead atoms. The quantitative estimate of drug-likeness (QED) is 0.845. The lowest BCUT2D eigenvalue weighted by Gasteiger charge is -2.16. The largest absolute Gasteiger partial charge is 0.300 e. The van der Waals surface area contributed by atoms with Gasteiger partial charge in [0, 0.05) is 17.2 Å². The summed E-state index contributed by atoms with van der Waals surface area (Å²) in [5.74, 6) is 0.734. The Morgan fingerprint density at radius 2 is 2.25 bits per heavy atom. The van der Waals surface area contributed by atoms with Crippen molar-refractivity contribution < 1.29 is 4.79 Å². The first-order valence-corrected chi connectivity index (χ1v) is 6.59. The monoisotopic (exact) mass is 259 g/mol. The van der Waals surface area contributed by atoms with Gasteiger partial charge >= 0.3 is 0 Å². The number of aromatic nitrogens is 2. The Hall–Kier alpha value is -0.680. The number of hydrogen-bond acceptors (Lipinski definition) is 4. The molecule has 1 aliphatic rings. The molecule has 1 aliphatic carbocycles. The molecule has 4 nitrogen and oxygen atoms in total. The van der Waals surface area contributed by atoms with Crippen LogP contribution >= 0.6 is 22.9 Å². The van der Waals surface area contributed by atoms with Gasteiger partial charge in [0.2, 0.25) is 11.0 Å². The topological polar surface area (TPSA) is 54.9 Å². The number of nitrogens with one attached hydrogen (secondary N) is 1. The molecule has 1 aromatic rings. The summed E-state index contributed by atoms with van der Waals surface area (Å²) in [7, 11) is 0. The molecular weight excluding hydrogens is 246 g/mol. The zero-order valence-corrected chi connectivity index (χ0v) is 10.9. The van der Waals surface area contributed by atoms with Gasteiger partial charge in [0.25, 0.3) is 0 Å². The van der Waals surface area contributed by atoms with Crippen LogP contribution in [-0.4, -0.2) is 22.0 Å². The molecule has 0 aliphatic heterocycles. The van der Waals surface area contributed by atoms with E-state index in [0.29, 0.717) is 11.0 Å². The Morgan fingerprint density at radius 3 is 2.81 bits per heavy atom. The number of anilines is 1. The second kappa shape index (κ2) is 4.30. The molecular formula is C10H14ClN3OS. The van der Waals surface area contributed by atoms with Crippen LogP contribution in [0.4, 0.5) is 5.13 Å². The van der Waals surface area contributed by atoms with Crippen LogP contribution in [0.15, 0.2) is 0 Å². The zero-order chi connectivity index (χ0) is 11.8. The molecule has 0 radical (unpaired) electrons. The number of amides is 1. The Labute approximate surface area is 103 Å². The standard InChI is InChI=1S/C10H14ClN3OS/c1-10(2,5-11)8-13-14-9(16-8)12-7(15)6-3-4-6/h6H,3-5H2,1-2H3,(H,12,14,15). The summed E-state index contributed by atoms with van der Waals surface area (Å²) < 4.78 is 0. The highest BCUT2D eigenvalue weighted by atomic mass is 35.5. The maximum Gasteiger partial charge on any atom is 0.229 e. The van der Waals surface area contributed by atoms with Gasteiger partial charge in [-0.15, -0.1) is 21.8 Å². The lowest BCUT2D eigenvalue weighted by Crippen LogP contribution is -2.18. The van der Waals surface area contributed by atoms with Crippen molar-refractivity contribution >= 4 is 34.0 Å². The predicted octanol–water partition coefficient (Wildman–Crippen LogP) is 2.40. The zero-order valence-electron chi connectivity index (χ0n) is 9.29. The van der Waals surface area contributed by atoms with E-state index in [1.807, 2.05) is 13.8 Å². The number of alkyl halides is 1. The van der Waals surface area contributed by atoms with Gasteiger partial charge in [-0.3, -0.25) is 4.79 Å². The Kier molecular flexibility index (Phi) is 3.17. The van der Waals surface area contributed by atoms with Crippen molar-refractivity contribution in [3.05, 3.63) is 5.01 Å². The molecule has 1 heterocycles. The second-order valence-electron chi connectivity index (χ2n) is 4.69. The number of rotatable bonds is 4. The second-order valence-corrected chi connectivity index (χ2v) is 5.94. The van der Waals surface area contributed by atoms with Gasteiger partial charge in [-0.2, -0.15) is 0 Å². The lowest BCUT2D eigenvalue weighted by atomic mass is 9.98. The van der Waals surface area contributed by atoms with E-state index < -0.39 is 0 Å². The smallest absolute Gasteiger partial charge is 0.229 e. The van der Waals surface area contributed by atoms with Crippen LogP contribution in [0.2, 0.25) is 0 Å². The number of carbonyl (C=O) groups excluding carboxylic acids is 1.